The van der Waals surface area contributed by atoms with E-state index in [4.69, 9.17) is 0 Å². The van der Waals surface area contributed by atoms with Gasteiger partial charge in [0.1, 0.15) is 11.6 Å². The number of ketones is 2. The van der Waals surface area contributed by atoms with Gasteiger partial charge in [0.25, 0.3) is 0 Å². The zero-order valence-electron chi connectivity index (χ0n) is 19.0. The van der Waals surface area contributed by atoms with Gasteiger partial charge in [-0.05, 0) is 73.5 Å². The monoisotopic (exact) mass is 426 g/mol. The van der Waals surface area contributed by atoms with Gasteiger partial charge in [-0.25, -0.2) is 0 Å². The molecule has 4 fully saturated rings. The van der Waals surface area contributed by atoms with Crippen molar-refractivity contribution in [1.29, 1.82) is 0 Å². The Kier molecular flexibility index (Phi) is 7.00. The second kappa shape index (κ2) is 8.61. The van der Waals surface area contributed by atoms with Crippen LogP contribution in [0.25, 0.3) is 0 Å². The first-order valence-corrected chi connectivity index (χ1v) is 11.5. The molecule has 0 bridgehead atoms. The largest absolute Gasteiger partial charge is 1.00 e. The van der Waals surface area contributed by atoms with Crippen molar-refractivity contribution >= 4 is 17.5 Å². The number of carboxylic acids is 1. The van der Waals surface area contributed by atoms with Crippen LogP contribution < -0.4 is 34.7 Å². The molecular weight excluding hydrogens is 391 g/mol. The van der Waals surface area contributed by atoms with E-state index in [9.17, 15) is 24.6 Å². The summed E-state index contributed by atoms with van der Waals surface area (Å²) in [5.41, 5.74) is -0.372. The average molecular weight is 427 g/mol. The molecule has 0 saturated heterocycles. The zero-order valence-corrected chi connectivity index (χ0v) is 21.0. The third-order valence-corrected chi connectivity index (χ3v) is 9.96. The van der Waals surface area contributed by atoms with Crippen molar-refractivity contribution in [2.45, 2.75) is 84.7 Å². The number of aliphatic hydroxyl groups is 1. The summed E-state index contributed by atoms with van der Waals surface area (Å²) in [6.07, 6.45) is 5.12. The first-order valence-electron chi connectivity index (χ1n) is 11.5. The maximum Gasteiger partial charge on any atom is 1.00 e. The molecule has 0 aromatic heterocycles. The summed E-state index contributed by atoms with van der Waals surface area (Å²) in [6.45, 7) is 6.50. The first kappa shape index (κ1) is 24.4. The van der Waals surface area contributed by atoms with Gasteiger partial charge in [-0.2, -0.15) is 0 Å². The Morgan fingerprint density at radius 1 is 1.20 bits per heavy atom. The molecule has 30 heavy (non-hydrogen) atoms. The fourth-order valence-electron chi connectivity index (χ4n) is 8.21. The van der Waals surface area contributed by atoms with Crippen molar-refractivity contribution < 1.29 is 54.2 Å². The molecule has 4 saturated carbocycles. The minimum Gasteiger partial charge on any atom is -0.550 e. The molecule has 4 aliphatic rings. The van der Waals surface area contributed by atoms with Gasteiger partial charge in [-0.3, -0.25) is 9.59 Å². The molecular formula is C24H35NaO5. The maximum absolute atomic E-state index is 13.3. The molecule has 4 rings (SSSR count). The van der Waals surface area contributed by atoms with Gasteiger partial charge in [-0.1, -0.05) is 20.8 Å². The van der Waals surface area contributed by atoms with Crippen LogP contribution >= 0.6 is 0 Å². The van der Waals surface area contributed by atoms with Crippen molar-refractivity contribution in [3.8, 4) is 0 Å². The molecule has 2 unspecified atom stereocenters. The Bertz CT molecular complexity index is 722. The average Bonchev–Trinajstić information content (AvgIpc) is 3.01. The van der Waals surface area contributed by atoms with Crippen LogP contribution in [0.2, 0.25) is 0 Å². The van der Waals surface area contributed by atoms with E-state index in [0.29, 0.717) is 37.9 Å². The van der Waals surface area contributed by atoms with E-state index < -0.39 is 12.1 Å². The molecule has 4 aliphatic carbocycles. The summed E-state index contributed by atoms with van der Waals surface area (Å²) in [6, 6.07) is 0. The second-order valence-corrected chi connectivity index (χ2v) is 11.0. The van der Waals surface area contributed by atoms with Gasteiger partial charge in [0.05, 0.1) is 6.10 Å². The minimum atomic E-state index is -1.02. The van der Waals surface area contributed by atoms with Crippen molar-refractivity contribution in [3.05, 3.63) is 0 Å². The fraction of sp³-hybridized carbons (Fsp3) is 0.875. The molecule has 9 atom stereocenters. The summed E-state index contributed by atoms with van der Waals surface area (Å²) in [4.78, 5) is 36.3. The standard InChI is InChI=1S/C24H36O5.Na/c1-13(4-7-21(28)29)16-5-6-17-22-18(12-20(27)24(16,17)3)23(2)9-8-15(25)10-14(23)11-19(22)26;/h13-14,16-18,20,22,27H,4-12H2,1-3H3,(H,28,29);/q;+1/p-1/t13-,14?,16-,17+,18+,20?,22+,23+,24-;/m1./s1. The van der Waals surface area contributed by atoms with Gasteiger partial charge in [0.2, 0.25) is 0 Å². The second-order valence-electron chi connectivity index (χ2n) is 11.0. The fourth-order valence-corrected chi connectivity index (χ4v) is 8.21. The quantitative estimate of drug-likeness (QED) is 0.614. The molecule has 0 heterocycles. The smallest absolute Gasteiger partial charge is 0.550 e. The van der Waals surface area contributed by atoms with Crippen LogP contribution in [-0.4, -0.2) is 28.7 Å². The zero-order chi connectivity index (χ0) is 21.1. The van der Waals surface area contributed by atoms with Crippen LogP contribution in [0, 0.1) is 46.3 Å². The van der Waals surface area contributed by atoms with Crippen LogP contribution in [-0.2, 0) is 14.4 Å². The Labute approximate surface area is 202 Å². The van der Waals surface area contributed by atoms with Gasteiger partial charge in [0, 0.05) is 36.6 Å². The van der Waals surface area contributed by atoms with Crippen LogP contribution in [0.3, 0.4) is 0 Å². The summed E-state index contributed by atoms with van der Waals surface area (Å²) in [7, 11) is 0. The number of carboxylic acid groups (broad SMARTS) is 1. The van der Waals surface area contributed by atoms with E-state index in [1.165, 1.54) is 0 Å². The van der Waals surface area contributed by atoms with Crippen LogP contribution in [0.1, 0.15) is 78.6 Å². The Hall–Kier alpha value is -0.230. The summed E-state index contributed by atoms with van der Waals surface area (Å²) >= 11 is 0. The van der Waals surface area contributed by atoms with Gasteiger partial charge >= 0.3 is 29.6 Å². The SMILES string of the molecule is C[C@H](CCC(=O)[O-])[C@H]1CC[C@H]2[C@@H]3C(=O)CC4CC(=O)CC[C@]4(C)[C@H]3CC(O)[C@]12C.[Na+]. The van der Waals surface area contributed by atoms with Crippen LogP contribution in [0.15, 0.2) is 0 Å². The Morgan fingerprint density at radius 2 is 1.90 bits per heavy atom. The predicted octanol–water partition coefficient (Wildman–Crippen LogP) is -0.466. The number of Topliss-reactive ketones (excluding diaryl/α,β-unsaturated/α-hetero) is 2. The number of aliphatic hydroxyl groups excluding tert-OH is 1. The van der Waals surface area contributed by atoms with Gasteiger partial charge in [0.15, 0.2) is 0 Å². The topological polar surface area (TPSA) is 94.5 Å². The number of fused-ring (bicyclic) bond motifs is 5. The molecule has 0 aromatic rings. The predicted molar refractivity (Wildman–Crippen MR) is 105 cm³/mol. The Morgan fingerprint density at radius 3 is 2.57 bits per heavy atom. The summed E-state index contributed by atoms with van der Waals surface area (Å²) in [5, 5.41) is 22.3. The number of aliphatic carboxylic acids is 1. The molecule has 0 radical (unpaired) electrons. The molecule has 6 heteroatoms. The molecule has 0 aromatic carbocycles. The number of carbonyl (C=O) groups excluding carboxylic acids is 3. The summed E-state index contributed by atoms with van der Waals surface area (Å²) in [5.74, 6) is 0.415. The first-order chi connectivity index (χ1) is 13.6. The molecule has 162 valence electrons. The number of rotatable bonds is 4. The van der Waals surface area contributed by atoms with E-state index in [1.54, 1.807) is 0 Å². The van der Waals surface area contributed by atoms with E-state index in [2.05, 4.69) is 20.8 Å². The molecule has 0 spiro atoms. The van der Waals surface area contributed by atoms with Crippen LogP contribution in [0.4, 0.5) is 0 Å². The third-order valence-electron chi connectivity index (χ3n) is 9.96. The van der Waals surface area contributed by atoms with E-state index in [0.717, 1.165) is 19.3 Å². The van der Waals surface area contributed by atoms with Crippen molar-refractivity contribution in [1.82, 2.24) is 0 Å². The van der Waals surface area contributed by atoms with E-state index in [1.807, 2.05) is 0 Å². The van der Waals surface area contributed by atoms with Crippen molar-refractivity contribution in [3.63, 3.8) is 0 Å². The summed E-state index contributed by atoms with van der Waals surface area (Å²) < 4.78 is 0. The van der Waals surface area contributed by atoms with E-state index >= 15 is 0 Å². The van der Waals surface area contributed by atoms with Crippen LogP contribution in [0.5, 0.6) is 0 Å². The Balaban J connectivity index is 0.00000256. The van der Waals surface area contributed by atoms with Gasteiger partial charge in [-0.15, -0.1) is 0 Å². The molecule has 0 aliphatic heterocycles. The minimum absolute atomic E-state index is 0. The maximum atomic E-state index is 13.3. The molecule has 5 nitrogen and oxygen atoms in total. The van der Waals surface area contributed by atoms with E-state index in [-0.39, 0.29) is 88.1 Å². The third kappa shape index (κ3) is 3.66. The molecule has 0 amide bonds. The number of hydrogen-bond acceptors (Lipinski definition) is 5. The number of hydrogen-bond donors (Lipinski definition) is 1. The van der Waals surface area contributed by atoms with Crippen molar-refractivity contribution in [2.24, 2.45) is 46.3 Å². The van der Waals surface area contributed by atoms with Crippen molar-refractivity contribution in [2.75, 3.05) is 0 Å². The normalized spacial score (nSPS) is 46.3. The molecule has 1 N–H and O–H groups in total. The number of carbonyl (C=O) groups is 3. The van der Waals surface area contributed by atoms with Gasteiger partial charge < -0.3 is 15.0 Å².